The maximum Gasteiger partial charge on any atom is 0.343 e. The molecule has 9 heteroatoms. The number of carboxylic acid groups (broad SMARTS) is 1. The highest BCUT2D eigenvalue weighted by Gasteiger charge is 2.41. The van der Waals surface area contributed by atoms with E-state index in [1.54, 1.807) is 32.0 Å². The summed E-state index contributed by atoms with van der Waals surface area (Å²) >= 11 is 0. The number of oxazole rings is 1. The van der Waals surface area contributed by atoms with E-state index in [1.165, 1.54) is 0 Å². The minimum absolute atomic E-state index is 0.174. The quantitative estimate of drug-likeness (QED) is 0.182. The van der Waals surface area contributed by atoms with Gasteiger partial charge in [0.05, 0.1) is 13.2 Å². The Morgan fingerprint density at radius 1 is 0.921 bits per heavy atom. The number of ether oxygens (including phenoxy) is 1. The van der Waals surface area contributed by atoms with Crippen molar-refractivity contribution >= 4 is 13.6 Å². The lowest BCUT2D eigenvalue weighted by Crippen LogP contribution is -2.11. The topological polar surface area (TPSA) is 108 Å². The van der Waals surface area contributed by atoms with E-state index < -0.39 is 25.8 Å². The van der Waals surface area contributed by atoms with Crippen LogP contribution in [0.5, 0.6) is 5.75 Å². The summed E-state index contributed by atoms with van der Waals surface area (Å²) in [6, 6.07) is 26.2. The second-order valence-corrected chi connectivity index (χ2v) is 10.6. The van der Waals surface area contributed by atoms with Gasteiger partial charge in [0.2, 0.25) is 5.89 Å². The predicted molar refractivity (Wildman–Crippen MR) is 144 cm³/mol. The highest BCUT2D eigenvalue weighted by atomic mass is 31.2. The summed E-state index contributed by atoms with van der Waals surface area (Å²) in [5, 5.41) is 8.96. The molecule has 0 aliphatic heterocycles. The molecule has 4 aromatic rings. The van der Waals surface area contributed by atoms with Gasteiger partial charge in [-0.1, -0.05) is 72.8 Å². The molecule has 1 atom stereocenters. The van der Waals surface area contributed by atoms with Gasteiger partial charge in [-0.25, -0.2) is 9.78 Å². The third kappa shape index (κ3) is 6.58. The zero-order valence-corrected chi connectivity index (χ0v) is 22.2. The Hall–Kier alpha value is -3.71. The lowest BCUT2D eigenvalue weighted by Gasteiger charge is -2.24. The summed E-state index contributed by atoms with van der Waals surface area (Å²) in [7, 11) is -3.74. The van der Waals surface area contributed by atoms with Crippen LogP contribution in [0.25, 0.3) is 22.6 Å². The van der Waals surface area contributed by atoms with E-state index in [9.17, 15) is 9.36 Å². The molecule has 8 nitrogen and oxygen atoms in total. The number of nitrogens with zero attached hydrogens (tertiary/aromatic N) is 1. The van der Waals surface area contributed by atoms with Crippen LogP contribution in [0.15, 0.2) is 89.3 Å². The maximum atomic E-state index is 14.2. The van der Waals surface area contributed by atoms with Gasteiger partial charge in [0.1, 0.15) is 17.1 Å². The Labute approximate surface area is 221 Å². The zero-order chi connectivity index (χ0) is 27.0. The van der Waals surface area contributed by atoms with Crippen LogP contribution >= 0.6 is 7.60 Å². The van der Waals surface area contributed by atoms with Crippen molar-refractivity contribution in [3.05, 3.63) is 96.4 Å². The molecule has 0 aliphatic rings. The average molecular weight is 536 g/mol. The number of hydrogen-bond donors (Lipinski definition) is 1. The summed E-state index contributed by atoms with van der Waals surface area (Å²) in [5.74, 6) is 0.0838. The van der Waals surface area contributed by atoms with Gasteiger partial charge in [-0.3, -0.25) is 4.57 Å². The summed E-state index contributed by atoms with van der Waals surface area (Å²) in [4.78, 5) is 15.8. The summed E-state index contributed by atoms with van der Waals surface area (Å²) in [6.07, 6.45) is 0.199. The van der Waals surface area contributed by atoms with E-state index in [4.69, 9.17) is 28.3 Å². The maximum absolute atomic E-state index is 14.2. The third-order valence-electron chi connectivity index (χ3n) is 5.70. The number of hydrogen-bond acceptors (Lipinski definition) is 7. The fourth-order valence-corrected chi connectivity index (χ4v) is 6.07. The van der Waals surface area contributed by atoms with E-state index in [1.807, 2.05) is 66.7 Å². The van der Waals surface area contributed by atoms with E-state index in [0.29, 0.717) is 17.2 Å². The van der Waals surface area contributed by atoms with Crippen molar-refractivity contribution in [1.29, 1.82) is 0 Å². The van der Waals surface area contributed by atoms with Gasteiger partial charge in [0.15, 0.2) is 12.4 Å². The van der Waals surface area contributed by atoms with Gasteiger partial charge in [-0.15, -0.1) is 0 Å². The predicted octanol–water partition coefficient (Wildman–Crippen LogP) is 7.02. The third-order valence-corrected chi connectivity index (χ3v) is 8.10. The molecular formula is C29H30NO7P. The lowest BCUT2D eigenvalue weighted by atomic mass is 10.1. The molecule has 38 heavy (non-hydrogen) atoms. The van der Waals surface area contributed by atoms with Crippen LogP contribution in [0.3, 0.4) is 0 Å². The second-order valence-electron chi connectivity index (χ2n) is 8.39. The molecule has 1 unspecified atom stereocenters. The van der Waals surface area contributed by atoms with Gasteiger partial charge in [-0.05, 0) is 38.0 Å². The van der Waals surface area contributed by atoms with Gasteiger partial charge in [-0.2, -0.15) is 0 Å². The van der Waals surface area contributed by atoms with Crippen LogP contribution < -0.4 is 4.74 Å². The number of benzene rings is 3. The molecule has 0 amide bonds. The molecule has 0 aliphatic carbocycles. The standard InChI is InChI=1S/C29H30NO7P/c1-3-35-38(33,36-4-2)25(19-21-12-11-17-24(18-21)34-20-26(31)32)29-30-27(22-13-7-5-8-14-22)28(37-29)23-15-9-6-10-16-23/h5-18,25H,3-4,19-20H2,1-2H3,(H,31,32). The molecule has 198 valence electrons. The molecule has 1 N–H and O–H groups in total. The van der Waals surface area contributed by atoms with Crippen LogP contribution in [0, 0.1) is 0 Å². The molecule has 1 heterocycles. The molecular weight excluding hydrogens is 505 g/mol. The Kier molecular flexibility index (Phi) is 9.13. The average Bonchev–Trinajstić information content (AvgIpc) is 3.37. The van der Waals surface area contributed by atoms with Crippen LogP contribution in [-0.4, -0.2) is 35.9 Å². The first-order valence-electron chi connectivity index (χ1n) is 12.4. The number of carboxylic acids is 1. The van der Waals surface area contributed by atoms with Crippen LogP contribution in [0.4, 0.5) is 0 Å². The minimum Gasteiger partial charge on any atom is -0.482 e. The van der Waals surface area contributed by atoms with Crippen molar-refractivity contribution in [2.75, 3.05) is 19.8 Å². The fourth-order valence-electron chi connectivity index (χ4n) is 4.10. The van der Waals surface area contributed by atoms with Crippen LogP contribution in [0.1, 0.15) is 31.0 Å². The molecule has 3 aromatic carbocycles. The molecule has 0 radical (unpaired) electrons. The molecule has 0 bridgehead atoms. The van der Waals surface area contributed by atoms with Crippen molar-refractivity contribution in [3.8, 4) is 28.3 Å². The number of aliphatic carboxylic acids is 1. The largest absolute Gasteiger partial charge is 0.482 e. The van der Waals surface area contributed by atoms with Gasteiger partial charge in [0, 0.05) is 11.1 Å². The Morgan fingerprint density at radius 2 is 1.55 bits per heavy atom. The Bertz CT molecular complexity index is 1320. The molecule has 0 saturated carbocycles. The van der Waals surface area contributed by atoms with Crippen LogP contribution in [0.2, 0.25) is 0 Å². The SMILES string of the molecule is CCOP(=O)(OCC)C(Cc1cccc(OCC(=O)O)c1)c1nc(-c2ccccc2)c(-c2ccccc2)o1. The van der Waals surface area contributed by atoms with Crippen molar-refractivity contribution in [1.82, 2.24) is 4.98 Å². The van der Waals surface area contributed by atoms with Gasteiger partial charge < -0.3 is 23.3 Å². The molecule has 0 spiro atoms. The molecule has 1 aromatic heterocycles. The lowest BCUT2D eigenvalue weighted by molar-refractivity contribution is -0.139. The van der Waals surface area contributed by atoms with Gasteiger partial charge in [0.25, 0.3) is 0 Å². The minimum atomic E-state index is -3.74. The monoisotopic (exact) mass is 535 g/mol. The highest BCUT2D eigenvalue weighted by molar-refractivity contribution is 7.54. The van der Waals surface area contributed by atoms with Crippen molar-refractivity contribution in [3.63, 3.8) is 0 Å². The normalized spacial score (nSPS) is 12.3. The van der Waals surface area contributed by atoms with E-state index in [-0.39, 0.29) is 25.5 Å². The molecule has 4 rings (SSSR count). The Balaban J connectivity index is 1.82. The highest BCUT2D eigenvalue weighted by Crippen LogP contribution is 2.62. The number of aromatic nitrogens is 1. The van der Waals surface area contributed by atoms with Crippen molar-refractivity contribution in [2.24, 2.45) is 0 Å². The smallest absolute Gasteiger partial charge is 0.343 e. The van der Waals surface area contributed by atoms with Crippen molar-refractivity contribution in [2.45, 2.75) is 25.9 Å². The van der Waals surface area contributed by atoms with Gasteiger partial charge >= 0.3 is 13.6 Å². The van der Waals surface area contributed by atoms with E-state index in [0.717, 1.165) is 16.7 Å². The second kappa shape index (κ2) is 12.7. The summed E-state index contributed by atoms with van der Waals surface area (Å²) in [6.45, 7) is 3.39. The van der Waals surface area contributed by atoms with Crippen LogP contribution in [-0.2, 0) is 24.8 Å². The zero-order valence-electron chi connectivity index (χ0n) is 21.3. The van der Waals surface area contributed by atoms with E-state index >= 15 is 0 Å². The Morgan fingerprint density at radius 3 is 2.16 bits per heavy atom. The number of rotatable bonds is 13. The summed E-state index contributed by atoms with van der Waals surface area (Å²) in [5.41, 5.74) is 2.17. The van der Waals surface area contributed by atoms with E-state index in [2.05, 4.69) is 0 Å². The summed E-state index contributed by atoms with van der Waals surface area (Å²) < 4.78 is 37.4. The molecule has 0 fully saturated rings. The number of carbonyl (C=O) groups is 1. The first-order valence-corrected chi connectivity index (χ1v) is 14.0. The molecule has 0 saturated heterocycles. The van der Waals surface area contributed by atoms with Crippen molar-refractivity contribution < 1.29 is 32.7 Å². The first kappa shape index (κ1) is 27.3. The first-order chi connectivity index (χ1) is 18.4. The fraction of sp³-hybridized carbons (Fsp3) is 0.241.